The van der Waals surface area contributed by atoms with Crippen LogP contribution < -0.4 is 5.73 Å². The van der Waals surface area contributed by atoms with E-state index in [1.807, 2.05) is 0 Å². The number of anilines is 1. The molecule has 0 unspecified atom stereocenters. The van der Waals surface area contributed by atoms with E-state index in [0.29, 0.717) is 0 Å². The van der Waals surface area contributed by atoms with Crippen LogP contribution in [-0.4, -0.2) is 15.2 Å². The maximum Gasteiger partial charge on any atom is 0.0815 e. The van der Waals surface area contributed by atoms with Crippen LogP contribution in [0.1, 0.15) is 0 Å². The molecule has 1 aromatic rings. The molecular formula is C2H3N4Zn-. The van der Waals surface area contributed by atoms with Crippen LogP contribution in [0.3, 0.4) is 0 Å². The Balaban J connectivity index is 0.000000360. The van der Waals surface area contributed by atoms with Crippen molar-refractivity contribution in [2.24, 2.45) is 0 Å². The number of hydrogen-bond donors (Lipinski definition) is 1. The van der Waals surface area contributed by atoms with E-state index in [9.17, 15) is 0 Å². The first-order chi connectivity index (χ1) is 2.89. The topological polar surface area (TPSA) is 64.7 Å². The first-order valence-electron chi connectivity index (χ1n) is 1.45. The predicted molar refractivity (Wildman–Crippen MR) is 19.8 cm³/mol. The van der Waals surface area contributed by atoms with Gasteiger partial charge in [-0.25, -0.2) is 5.10 Å². The minimum atomic E-state index is 0. The van der Waals surface area contributed by atoms with Gasteiger partial charge in [-0.05, 0) is 6.33 Å². The molecule has 7 heavy (non-hydrogen) atoms. The third kappa shape index (κ3) is 1.64. The van der Waals surface area contributed by atoms with Crippen molar-refractivity contribution in [1.29, 1.82) is 0 Å². The average molecular weight is 148 g/mol. The van der Waals surface area contributed by atoms with Gasteiger partial charge in [-0.15, -0.1) is 0 Å². The van der Waals surface area contributed by atoms with Crippen molar-refractivity contribution < 1.29 is 19.5 Å². The molecule has 0 saturated heterocycles. The fraction of sp³-hybridized carbons (Fsp3) is 0. The van der Waals surface area contributed by atoms with Gasteiger partial charge in [0.05, 0.1) is 5.95 Å². The summed E-state index contributed by atoms with van der Waals surface area (Å²) >= 11 is 0. The molecule has 0 atom stereocenters. The van der Waals surface area contributed by atoms with Crippen molar-refractivity contribution in [3.8, 4) is 0 Å². The second-order valence-electron chi connectivity index (χ2n) is 0.818. The molecule has 0 bridgehead atoms. The summed E-state index contributed by atoms with van der Waals surface area (Å²) in [4.78, 5) is 3.47. The normalized spacial score (nSPS) is 7.43. The van der Waals surface area contributed by atoms with Crippen LogP contribution >= 0.6 is 0 Å². The fourth-order valence-electron chi connectivity index (χ4n) is 0.196. The number of rotatable bonds is 0. The quantitative estimate of drug-likeness (QED) is 0.385. The second kappa shape index (κ2) is 2.69. The van der Waals surface area contributed by atoms with Crippen molar-refractivity contribution in [3.63, 3.8) is 0 Å². The van der Waals surface area contributed by atoms with Gasteiger partial charge >= 0.3 is 0 Å². The van der Waals surface area contributed by atoms with Crippen LogP contribution in [0.4, 0.5) is 5.95 Å². The first-order valence-corrected chi connectivity index (χ1v) is 1.45. The summed E-state index contributed by atoms with van der Waals surface area (Å²) in [7, 11) is 0. The van der Waals surface area contributed by atoms with Gasteiger partial charge in [-0.1, -0.05) is 0 Å². The number of nitrogen functional groups attached to an aromatic ring is 1. The number of aromatic nitrogens is 3. The SMILES string of the molecule is N[c-]1ncnn1.[Zn]. The van der Waals surface area contributed by atoms with Crippen LogP contribution in [0.25, 0.3) is 0 Å². The van der Waals surface area contributed by atoms with Gasteiger partial charge in [0.1, 0.15) is 0 Å². The molecule has 0 aromatic carbocycles. The molecule has 0 amide bonds. The molecule has 0 saturated carbocycles. The first kappa shape index (κ1) is 6.56. The molecule has 1 heterocycles. The molecule has 0 aliphatic carbocycles. The van der Waals surface area contributed by atoms with E-state index >= 15 is 0 Å². The standard InChI is InChI=1S/C2H3N4.Zn/c3-2-4-1-5-6-2;/h1H,3H2;/q-1;. The van der Waals surface area contributed by atoms with Gasteiger partial charge in [0, 0.05) is 19.5 Å². The summed E-state index contributed by atoms with van der Waals surface area (Å²) in [5.41, 5.74) is 4.99. The van der Waals surface area contributed by atoms with E-state index < -0.39 is 0 Å². The van der Waals surface area contributed by atoms with Gasteiger partial charge in [-0.3, -0.25) is 5.10 Å². The maximum atomic E-state index is 4.99. The zero-order valence-corrected chi connectivity index (χ0v) is 6.67. The van der Waals surface area contributed by atoms with Crippen molar-refractivity contribution in [1.82, 2.24) is 15.2 Å². The van der Waals surface area contributed by atoms with E-state index in [0.717, 1.165) is 0 Å². The molecule has 0 aliphatic rings. The average Bonchev–Trinajstić information content (AvgIpc) is 1.86. The minimum absolute atomic E-state index is 0. The Morgan fingerprint density at radius 2 is 2.29 bits per heavy atom. The third-order valence-corrected chi connectivity index (χ3v) is 0.402. The van der Waals surface area contributed by atoms with E-state index in [4.69, 9.17) is 5.73 Å². The van der Waals surface area contributed by atoms with Crippen molar-refractivity contribution >= 4 is 5.95 Å². The number of nitrogens with two attached hydrogens (primary N) is 1. The molecule has 1 aromatic heterocycles. The zero-order valence-electron chi connectivity index (χ0n) is 3.70. The van der Waals surface area contributed by atoms with E-state index in [1.165, 1.54) is 6.33 Å². The summed E-state index contributed by atoms with van der Waals surface area (Å²) in [5, 5.41) is 6.67. The van der Waals surface area contributed by atoms with Crippen molar-refractivity contribution in [2.45, 2.75) is 0 Å². The summed E-state index contributed by atoms with van der Waals surface area (Å²) in [6.45, 7) is 0. The molecule has 0 spiro atoms. The zero-order chi connectivity index (χ0) is 4.41. The van der Waals surface area contributed by atoms with Crippen molar-refractivity contribution in [2.75, 3.05) is 5.73 Å². The molecular weight excluding hydrogens is 145 g/mol. The summed E-state index contributed by atoms with van der Waals surface area (Å²) in [5.74, 6) is 0.231. The Labute approximate surface area is 53.3 Å². The maximum absolute atomic E-state index is 4.99. The monoisotopic (exact) mass is 147 g/mol. The Morgan fingerprint density at radius 3 is 2.43 bits per heavy atom. The van der Waals surface area contributed by atoms with E-state index in [1.54, 1.807) is 0 Å². The van der Waals surface area contributed by atoms with Crippen LogP contribution in [0.15, 0.2) is 6.33 Å². The molecule has 0 radical (unpaired) electrons. The van der Waals surface area contributed by atoms with Crippen LogP contribution in [0, 0.1) is 0 Å². The van der Waals surface area contributed by atoms with E-state index in [-0.39, 0.29) is 25.4 Å². The second-order valence-corrected chi connectivity index (χ2v) is 0.818. The largest absolute Gasteiger partial charge is 0.444 e. The van der Waals surface area contributed by atoms with Gasteiger partial charge in [0.2, 0.25) is 0 Å². The van der Waals surface area contributed by atoms with Crippen LogP contribution in [0.5, 0.6) is 0 Å². The Bertz CT molecular complexity index is 113. The van der Waals surface area contributed by atoms with Crippen LogP contribution in [0.2, 0.25) is 0 Å². The van der Waals surface area contributed by atoms with Crippen LogP contribution in [-0.2, 0) is 19.5 Å². The summed E-state index contributed by atoms with van der Waals surface area (Å²) in [6, 6.07) is 0. The number of hydrogen-bond acceptors (Lipinski definition) is 4. The summed E-state index contributed by atoms with van der Waals surface area (Å²) in [6.07, 6.45) is 1.30. The molecule has 1 rings (SSSR count). The van der Waals surface area contributed by atoms with Gasteiger partial charge in [-0.2, -0.15) is 0 Å². The Kier molecular flexibility index (Phi) is 2.52. The molecule has 5 heteroatoms. The van der Waals surface area contributed by atoms with Gasteiger partial charge in [0.25, 0.3) is 0 Å². The molecule has 34 valence electrons. The summed E-state index contributed by atoms with van der Waals surface area (Å²) < 4.78 is 0. The van der Waals surface area contributed by atoms with Crippen molar-refractivity contribution in [3.05, 3.63) is 6.33 Å². The molecule has 4 nitrogen and oxygen atoms in total. The van der Waals surface area contributed by atoms with E-state index in [2.05, 4.69) is 15.2 Å². The molecule has 0 aliphatic heterocycles. The third-order valence-electron chi connectivity index (χ3n) is 0.402. The smallest absolute Gasteiger partial charge is 0.0815 e. The Morgan fingerprint density at radius 1 is 1.57 bits per heavy atom. The van der Waals surface area contributed by atoms with Gasteiger partial charge < -0.3 is 10.7 Å². The fourth-order valence-corrected chi connectivity index (χ4v) is 0.196. The van der Waals surface area contributed by atoms with Gasteiger partial charge in [0.15, 0.2) is 0 Å². The Hall–Kier alpha value is -0.437. The predicted octanol–water partition coefficient (Wildman–Crippen LogP) is -0.830. The molecule has 2 N–H and O–H groups in total. The number of nitrogens with zero attached hydrogens (tertiary/aromatic N) is 3. The minimum Gasteiger partial charge on any atom is -0.444 e. The molecule has 0 fully saturated rings.